The summed E-state index contributed by atoms with van der Waals surface area (Å²) < 4.78 is 56.9. The largest absolute Gasteiger partial charge is 0.451 e. The van der Waals surface area contributed by atoms with Gasteiger partial charge in [0.15, 0.2) is 17.3 Å². The van der Waals surface area contributed by atoms with Crippen molar-refractivity contribution >= 4 is 32.5 Å². The monoisotopic (exact) mass is 455 g/mol. The molecule has 0 saturated carbocycles. The normalized spacial score (nSPS) is 11.3. The molecular weight excluding hydrogens is 440 g/mol. The minimum atomic E-state index is -4.31. The van der Waals surface area contributed by atoms with Crippen LogP contribution in [-0.2, 0) is 10.0 Å². The van der Waals surface area contributed by atoms with E-state index < -0.39 is 44.0 Å². The van der Waals surface area contributed by atoms with E-state index in [0.29, 0.717) is 11.6 Å². The van der Waals surface area contributed by atoms with Crippen LogP contribution in [0.2, 0.25) is 0 Å². The van der Waals surface area contributed by atoms with Gasteiger partial charge in [-0.3, -0.25) is 9.78 Å². The number of pyridine rings is 1. The van der Waals surface area contributed by atoms with Gasteiger partial charge in [-0.15, -0.1) is 0 Å². The number of fused-ring (bicyclic) bond motifs is 1. The van der Waals surface area contributed by atoms with Crippen LogP contribution in [0.4, 0.5) is 14.5 Å². The SMILES string of the molecule is NS(=O)(=O)c1cccc(NC(=O)c2cnc3ccccc3c2)c1Oc1ccc(F)cc1F. The van der Waals surface area contributed by atoms with E-state index in [1.165, 1.54) is 18.3 Å². The van der Waals surface area contributed by atoms with Gasteiger partial charge in [0.25, 0.3) is 5.91 Å². The number of ether oxygens (including phenoxy) is 1. The highest BCUT2D eigenvalue weighted by atomic mass is 32.2. The van der Waals surface area contributed by atoms with Crippen molar-refractivity contribution in [3.63, 3.8) is 0 Å². The summed E-state index contributed by atoms with van der Waals surface area (Å²) >= 11 is 0. The Morgan fingerprint density at radius 1 is 1.00 bits per heavy atom. The summed E-state index contributed by atoms with van der Waals surface area (Å²) in [7, 11) is -4.31. The van der Waals surface area contributed by atoms with Crippen molar-refractivity contribution < 1.29 is 26.7 Å². The number of hydrogen-bond donors (Lipinski definition) is 2. The molecule has 0 spiro atoms. The van der Waals surface area contributed by atoms with E-state index in [1.807, 2.05) is 6.07 Å². The second-order valence-electron chi connectivity index (χ2n) is 6.73. The van der Waals surface area contributed by atoms with Gasteiger partial charge in [-0.05, 0) is 36.4 Å². The zero-order valence-corrected chi connectivity index (χ0v) is 17.1. The summed E-state index contributed by atoms with van der Waals surface area (Å²) in [5.41, 5.74) is 0.804. The molecule has 32 heavy (non-hydrogen) atoms. The third-order valence-electron chi connectivity index (χ3n) is 4.49. The highest BCUT2D eigenvalue weighted by molar-refractivity contribution is 7.89. The van der Waals surface area contributed by atoms with Crippen molar-refractivity contribution in [1.29, 1.82) is 0 Å². The molecule has 3 aromatic carbocycles. The number of halogens is 2. The summed E-state index contributed by atoms with van der Waals surface area (Å²) in [5.74, 6) is -3.38. The molecular formula is C22H15F2N3O4S. The number of nitrogens with two attached hydrogens (primary N) is 1. The van der Waals surface area contributed by atoms with E-state index in [1.54, 1.807) is 24.3 Å². The second kappa shape index (κ2) is 8.33. The fourth-order valence-corrected chi connectivity index (χ4v) is 3.68. The Kier molecular flexibility index (Phi) is 5.56. The van der Waals surface area contributed by atoms with Crippen LogP contribution in [0.25, 0.3) is 10.9 Å². The predicted molar refractivity (Wildman–Crippen MR) is 114 cm³/mol. The average Bonchev–Trinajstić information content (AvgIpc) is 2.75. The maximum Gasteiger partial charge on any atom is 0.257 e. The number of para-hydroxylation sites is 2. The highest BCUT2D eigenvalue weighted by Crippen LogP contribution is 2.37. The molecule has 162 valence electrons. The van der Waals surface area contributed by atoms with Gasteiger partial charge in [0.2, 0.25) is 10.0 Å². The highest BCUT2D eigenvalue weighted by Gasteiger charge is 2.22. The molecule has 10 heteroatoms. The minimum absolute atomic E-state index is 0.0848. The molecule has 0 atom stereocenters. The topological polar surface area (TPSA) is 111 Å². The third-order valence-corrected chi connectivity index (χ3v) is 5.43. The zero-order valence-electron chi connectivity index (χ0n) is 16.2. The number of nitrogens with one attached hydrogen (secondary N) is 1. The van der Waals surface area contributed by atoms with Gasteiger partial charge in [-0.2, -0.15) is 0 Å². The molecule has 0 aliphatic carbocycles. The molecule has 7 nitrogen and oxygen atoms in total. The summed E-state index contributed by atoms with van der Waals surface area (Å²) in [4.78, 5) is 16.6. The van der Waals surface area contributed by atoms with Crippen LogP contribution >= 0.6 is 0 Å². The smallest absolute Gasteiger partial charge is 0.257 e. The molecule has 0 unspecified atom stereocenters. The van der Waals surface area contributed by atoms with E-state index in [-0.39, 0.29) is 11.3 Å². The third kappa shape index (κ3) is 4.41. The predicted octanol–water partition coefficient (Wildman–Crippen LogP) is 4.21. The molecule has 0 fully saturated rings. The number of nitrogens with zero attached hydrogens (tertiary/aromatic N) is 1. The quantitative estimate of drug-likeness (QED) is 0.468. The molecule has 4 rings (SSSR count). The van der Waals surface area contributed by atoms with Crippen LogP contribution in [0.3, 0.4) is 0 Å². The van der Waals surface area contributed by atoms with E-state index in [2.05, 4.69) is 10.3 Å². The maximum absolute atomic E-state index is 14.1. The summed E-state index contributed by atoms with van der Waals surface area (Å²) in [6, 6.07) is 15.1. The molecule has 4 aromatic rings. The average molecular weight is 455 g/mol. The lowest BCUT2D eigenvalue weighted by atomic mass is 10.1. The summed E-state index contributed by atoms with van der Waals surface area (Å²) in [5, 5.41) is 8.52. The van der Waals surface area contributed by atoms with Gasteiger partial charge in [0.05, 0.1) is 16.8 Å². The van der Waals surface area contributed by atoms with Crippen LogP contribution in [-0.4, -0.2) is 19.3 Å². The van der Waals surface area contributed by atoms with Crippen molar-refractivity contribution in [2.45, 2.75) is 4.90 Å². The standard InChI is InChI=1S/C22H15F2N3O4S/c23-15-8-9-19(16(24)11-15)31-21-18(6-3-7-20(21)32(25,29)30)27-22(28)14-10-13-4-1-2-5-17(13)26-12-14/h1-12H,(H,27,28)(H2,25,29,30). The minimum Gasteiger partial charge on any atom is -0.451 e. The van der Waals surface area contributed by atoms with Crippen LogP contribution in [0, 0.1) is 11.6 Å². The Hall–Kier alpha value is -3.89. The number of anilines is 1. The Labute approximate surface area is 181 Å². The number of carbonyl (C=O) groups is 1. The first-order chi connectivity index (χ1) is 15.2. The molecule has 0 bridgehead atoms. The number of hydrogen-bond acceptors (Lipinski definition) is 5. The first kappa shape index (κ1) is 21.3. The second-order valence-corrected chi connectivity index (χ2v) is 8.26. The Morgan fingerprint density at radius 3 is 2.53 bits per heavy atom. The van der Waals surface area contributed by atoms with Crippen LogP contribution in [0.5, 0.6) is 11.5 Å². The first-order valence-corrected chi connectivity index (χ1v) is 10.7. The summed E-state index contributed by atoms with van der Waals surface area (Å²) in [6.45, 7) is 0. The molecule has 1 amide bonds. The number of benzene rings is 3. The Bertz CT molecular complexity index is 1460. The van der Waals surface area contributed by atoms with Gasteiger partial charge in [0.1, 0.15) is 10.7 Å². The van der Waals surface area contributed by atoms with E-state index in [9.17, 15) is 22.0 Å². The number of primary sulfonamides is 1. The van der Waals surface area contributed by atoms with Crippen molar-refractivity contribution in [2.75, 3.05) is 5.32 Å². The van der Waals surface area contributed by atoms with Crippen molar-refractivity contribution in [1.82, 2.24) is 4.98 Å². The van der Waals surface area contributed by atoms with Crippen molar-refractivity contribution in [3.8, 4) is 11.5 Å². The lowest BCUT2D eigenvalue weighted by Crippen LogP contribution is -2.17. The van der Waals surface area contributed by atoms with Gasteiger partial charge >= 0.3 is 0 Å². The van der Waals surface area contributed by atoms with Crippen molar-refractivity contribution in [3.05, 3.63) is 90.1 Å². The van der Waals surface area contributed by atoms with E-state index in [0.717, 1.165) is 23.6 Å². The van der Waals surface area contributed by atoms with Gasteiger partial charge in [-0.25, -0.2) is 22.3 Å². The van der Waals surface area contributed by atoms with Gasteiger partial charge < -0.3 is 10.1 Å². The van der Waals surface area contributed by atoms with Gasteiger partial charge in [-0.1, -0.05) is 24.3 Å². The Morgan fingerprint density at radius 2 is 1.78 bits per heavy atom. The fourth-order valence-electron chi connectivity index (χ4n) is 3.00. The number of sulfonamides is 1. The lowest BCUT2D eigenvalue weighted by molar-refractivity contribution is 0.102. The zero-order chi connectivity index (χ0) is 22.9. The number of rotatable bonds is 5. The lowest BCUT2D eigenvalue weighted by Gasteiger charge is -2.16. The molecule has 1 heterocycles. The van der Waals surface area contributed by atoms with Gasteiger partial charge in [0, 0.05) is 17.6 Å². The molecule has 3 N–H and O–H groups in total. The maximum atomic E-state index is 14.1. The number of amides is 1. The molecule has 0 aliphatic rings. The van der Waals surface area contributed by atoms with Crippen LogP contribution < -0.4 is 15.2 Å². The Balaban J connectivity index is 1.75. The summed E-state index contributed by atoms with van der Waals surface area (Å²) in [6.07, 6.45) is 1.36. The van der Waals surface area contributed by atoms with E-state index >= 15 is 0 Å². The van der Waals surface area contributed by atoms with Crippen LogP contribution in [0.1, 0.15) is 10.4 Å². The number of aromatic nitrogens is 1. The van der Waals surface area contributed by atoms with Crippen molar-refractivity contribution in [2.24, 2.45) is 5.14 Å². The molecule has 0 radical (unpaired) electrons. The van der Waals surface area contributed by atoms with Crippen LogP contribution in [0.15, 0.2) is 77.8 Å². The molecule has 0 aliphatic heterocycles. The molecule has 0 saturated heterocycles. The number of carbonyl (C=O) groups excluding carboxylic acids is 1. The molecule has 1 aromatic heterocycles. The van der Waals surface area contributed by atoms with E-state index in [4.69, 9.17) is 9.88 Å². The first-order valence-electron chi connectivity index (χ1n) is 9.17. The fraction of sp³-hybridized carbons (Fsp3) is 0.